The summed E-state index contributed by atoms with van der Waals surface area (Å²) in [5.41, 5.74) is 0.628. The van der Waals surface area contributed by atoms with Crippen LogP contribution < -0.4 is 5.32 Å². The molecule has 3 nitrogen and oxygen atoms in total. The summed E-state index contributed by atoms with van der Waals surface area (Å²) >= 11 is 11.3. The van der Waals surface area contributed by atoms with E-state index in [1.165, 1.54) is 0 Å². The second-order valence-corrected chi connectivity index (χ2v) is 4.29. The Labute approximate surface area is 98.3 Å². The Hall–Kier alpha value is -0.930. The standard InChI is InChI=1S/C10H11Cl2NO2/c1-2-10(11,12)15-9(14)13-8-6-4-3-5-7-8/h3-7H,2H2,1H3,(H,13,14). The van der Waals surface area contributed by atoms with Crippen LogP contribution >= 0.6 is 23.2 Å². The highest BCUT2D eigenvalue weighted by molar-refractivity contribution is 6.47. The Morgan fingerprint density at radius 2 is 2.00 bits per heavy atom. The summed E-state index contributed by atoms with van der Waals surface area (Å²) in [5, 5.41) is 2.50. The van der Waals surface area contributed by atoms with E-state index in [0.717, 1.165) is 0 Å². The summed E-state index contributed by atoms with van der Waals surface area (Å²) in [6.07, 6.45) is -0.355. The number of alkyl halides is 2. The molecule has 0 atom stereocenters. The molecule has 1 aromatic rings. The third kappa shape index (κ3) is 4.40. The number of ether oxygens (including phenoxy) is 1. The molecule has 0 aromatic heterocycles. The minimum absolute atomic E-state index is 0.318. The number of hydrogen-bond acceptors (Lipinski definition) is 2. The van der Waals surface area contributed by atoms with Crippen molar-refractivity contribution < 1.29 is 9.53 Å². The predicted molar refractivity (Wildman–Crippen MR) is 61.3 cm³/mol. The molecule has 0 heterocycles. The van der Waals surface area contributed by atoms with Gasteiger partial charge in [-0.25, -0.2) is 4.79 Å². The highest BCUT2D eigenvalue weighted by Gasteiger charge is 2.26. The molecule has 0 aliphatic heterocycles. The monoisotopic (exact) mass is 247 g/mol. The van der Waals surface area contributed by atoms with E-state index in [2.05, 4.69) is 5.32 Å². The Balaban J connectivity index is 2.51. The topological polar surface area (TPSA) is 38.3 Å². The number of carbonyl (C=O) groups is 1. The molecule has 1 rings (SSSR count). The maximum Gasteiger partial charge on any atom is 0.414 e. The lowest BCUT2D eigenvalue weighted by Crippen LogP contribution is -2.25. The lowest BCUT2D eigenvalue weighted by Gasteiger charge is -2.18. The molecule has 0 bridgehead atoms. The maximum atomic E-state index is 11.3. The molecule has 82 valence electrons. The van der Waals surface area contributed by atoms with Gasteiger partial charge in [-0.1, -0.05) is 48.3 Å². The minimum Gasteiger partial charge on any atom is -0.412 e. The first kappa shape index (κ1) is 12.1. The first-order valence-corrected chi connectivity index (χ1v) is 5.22. The van der Waals surface area contributed by atoms with Crippen molar-refractivity contribution >= 4 is 35.0 Å². The van der Waals surface area contributed by atoms with Gasteiger partial charge in [-0.3, -0.25) is 5.32 Å². The third-order valence-corrected chi connectivity index (χ3v) is 2.36. The number of rotatable bonds is 3. The molecule has 0 aliphatic carbocycles. The van der Waals surface area contributed by atoms with E-state index in [9.17, 15) is 4.79 Å². The van der Waals surface area contributed by atoms with E-state index in [4.69, 9.17) is 27.9 Å². The molecule has 15 heavy (non-hydrogen) atoms. The number of anilines is 1. The number of carbonyl (C=O) groups excluding carboxylic acids is 1. The lowest BCUT2D eigenvalue weighted by molar-refractivity contribution is 0.127. The molecule has 0 fully saturated rings. The molecule has 5 heteroatoms. The number of halogens is 2. The molecule has 0 unspecified atom stereocenters. The minimum atomic E-state index is -1.47. The number of nitrogens with one attached hydrogen (secondary N) is 1. The molecule has 0 spiro atoms. The van der Waals surface area contributed by atoms with Gasteiger partial charge in [-0.15, -0.1) is 0 Å². The zero-order valence-corrected chi connectivity index (χ0v) is 9.68. The summed E-state index contributed by atoms with van der Waals surface area (Å²) in [6, 6.07) is 8.90. The van der Waals surface area contributed by atoms with E-state index in [1.54, 1.807) is 31.2 Å². The smallest absolute Gasteiger partial charge is 0.412 e. The van der Waals surface area contributed by atoms with Crippen LogP contribution in [0.4, 0.5) is 10.5 Å². The molecule has 1 aromatic carbocycles. The average molecular weight is 248 g/mol. The molecule has 0 saturated heterocycles. The Morgan fingerprint density at radius 1 is 1.40 bits per heavy atom. The normalized spacial score (nSPS) is 10.9. The van der Waals surface area contributed by atoms with Gasteiger partial charge < -0.3 is 4.74 Å². The predicted octanol–water partition coefficient (Wildman–Crippen LogP) is 3.78. The first-order chi connectivity index (χ1) is 7.03. The van der Waals surface area contributed by atoms with Crippen molar-refractivity contribution in [1.82, 2.24) is 0 Å². The number of hydrogen-bond donors (Lipinski definition) is 1. The van der Waals surface area contributed by atoms with Gasteiger partial charge in [-0.05, 0) is 12.1 Å². The van der Waals surface area contributed by atoms with Crippen molar-refractivity contribution in [1.29, 1.82) is 0 Å². The summed E-state index contributed by atoms with van der Waals surface area (Å²) in [7, 11) is 0. The lowest BCUT2D eigenvalue weighted by atomic mass is 10.3. The number of benzene rings is 1. The van der Waals surface area contributed by atoms with Crippen molar-refractivity contribution in [3.8, 4) is 0 Å². The molecule has 0 saturated carbocycles. The van der Waals surface area contributed by atoms with Crippen molar-refractivity contribution in [2.24, 2.45) is 0 Å². The van der Waals surface area contributed by atoms with Crippen LogP contribution in [0.2, 0.25) is 0 Å². The van der Waals surface area contributed by atoms with Crippen molar-refractivity contribution in [2.75, 3.05) is 5.32 Å². The number of amides is 1. The average Bonchev–Trinajstić information content (AvgIpc) is 2.18. The fourth-order valence-electron chi connectivity index (χ4n) is 0.873. The van der Waals surface area contributed by atoms with Crippen LogP contribution in [-0.4, -0.2) is 10.6 Å². The first-order valence-electron chi connectivity index (χ1n) is 4.46. The zero-order chi connectivity index (χ0) is 11.3. The molecule has 1 amide bonds. The van der Waals surface area contributed by atoms with E-state index < -0.39 is 10.6 Å². The van der Waals surface area contributed by atoms with Gasteiger partial charge in [0.05, 0.1) is 0 Å². The Kier molecular flexibility index (Phi) is 4.24. The SMILES string of the molecule is CCC(Cl)(Cl)OC(=O)Nc1ccccc1. The zero-order valence-electron chi connectivity index (χ0n) is 8.17. The fourth-order valence-corrected chi connectivity index (χ4v) is 1.01. The highest BCUT2D eigenvalue weighted by atomic mass is 35.5. The van der Waals surface area contributed by atoms with E-state index in [1.807, 2.05) is 6.07 Å². The quantitative estimate of drug-likeness (QED) is 0.826. The van der Waals surface area contributed by atoms with Gasteiger partial charge in [0.25, 0.3) is 4.52 Å². The van der Waals surface area contributed by atoms with Gasteiger partial charge in [0.2, 0.25) is 0 Å². The summed E-state index contributed by atoms with van der Waals surface area (Å²) in [5.74, 6) is 0. The van der Waals surface area contributed by atoms with Crippen LogP contribution in [0, 0.1) is 0 Å². The van der Waals surface area contributed by atoms with Gasteiger partial charge >= 0.3 is 6.09 Å². The van der Waals surface area contributed by atoms with Crippen LogP contribution in [0.3, 0.4) is 0 Å². The summed E-state index contributed by atoms with van der Waals surface area (Å²) < 4.78 is 3.30. The molecular weight excluding hydrogens is 237 g/mol. The van der Waals surface area contributed by atoms with Crippen molar-refractivity contribution in [2.45, 2.75) is 17.9 Å². The van der Waals surface area contributed by atoms with Gasteiger partial charge in [0.1, 0.15) is 0 Å². The van der Waals surface area contributed by atoms with E-state index in [-0.39, 0.29) is 0 Å². The van der Waals surface area contributed by atoms with Gasteiger partial charge in [0.15, 0.2) is 0 Å². The molecule has 1 N–H and O–H groups in total. The van der Waals surface area contributed by atoms with E-state index in [0.29, 0.717) is 12.1 Å². The Morgan fingerprint density at radius 3 is 2.53 bits per heavy atom. The van der Waals surface area contributed by atoms with Crippen LogP contribution in [-0.2, 0) is 4.74 Å². The second kappa shape index (κ2) is 5.24. The maximum absolute atomic E-state index is 11.3. The summed E-state index contributed by atoms with van der Waals surface area (Å²) in [4.78, 5) is 11.3. The highest BCUT2D eigenvalue weighted by Crippen LogP contribution is 2.26. The van der Waals surface area contributed by atoms with Crippen molar-refractivity contribution in [3.63, 3.8) is 0 Å². The van der Waals surface area contributed by atoms with Gasteiger partial charge in [0, 0.05) is 12.1 Å². The third-order valence-electron chi connectivity index (χ3n) is 1.67. The largest absolute Gasteiger partial charge is 0.414 e. The second-order valence-electron chi connectivity index (χ2n) is 2.87. The molecular formula is C10H11Cl2NO2. The Bertz CT molecular complexity index is 327. The van der Waals surface area contributed by atoms with Crippen LogP contribution in [0.15, 0.2) is 30.3 Å². The van der Waals surface area contributed by atoms with Crippen LogP contribution in [0.5, 0.6) is 0 Å². The molecule has 0 radical (unpaired) electrons. The van der Waals surface area contributed by atoms with E-state index >= 15 is 0 Å². The summed E-state index contributed by atoms with van der Waals surface area (Å²) in [6.45, 7) is 1.72. The van der Waals surface area contributed by atoms with Crippen LogP contribution in [0.25, 0.3) is 0 Å². The molecule has 0 aliphatic rings. The van der Waals surface area contributed by atoms with Gasteiger partial charge in [-0.2, -0.15) is 0 Å². The van der Waals surface area contributed by atoms with Crippen LogP contribution in [0.1, 0.15) is 13.3 Å². The van der Waals surface area contributed by atoms with Crippen molar-refractivity contribution in [3.05, 3.63) is 30.3 Å². The fraction of sp³-hybridized carbons (Fsp3) is 0.300. The number of para-hydroxylation sites is 1.